The van der Waals surface area contributed by atoms with Crippen molar-refractivity contribution in [3.63, 3.8) is 0 Å². The predicted molar refractivity (Wildman–Crippen MR) is 118 cm³/mol. The lowest BCUT2D eigenvalue weighted by molar-refractivity contribution is 0.414. The van der Waals surface area contributed by atoms with Crippen molar-refractivity contribution in [1.29, 1.82) is 0 Å². The Balaban J connectivity index is 1.86. The van der Waals surface area contributed by atoms with Crippen molar-refractivity contribution in [3.8, 4) is 33.9 Å². The summed E-state index contributed by atoms with van der Waals surface area (Å²) in [5.41, 5.74) is 4.20. The second-order valence-corrected chi connectivity index (χ2v) is 7.59. The summed E-state index contributed by atoms with van der Waals surface area (Å²) in [5, 5.41) is 5.97. The fourth-order valence-electron chi connectivity index (χ4n) is 3.19. The van der Waals surface area contributed by atoms with E-state index in [9.17, 15) is 0 Å². The topological polar surface area (TPSA) is 36.3 Å². The van der Waals surface area contributed by atoms with Gasteiger partial charge in [0.2, 0.25) is 0 Å². The Hall–Kier alpha value is -3.18. The molecule has 4 aromatic rings. The lowest BCUT2D eigenvalue weighted by Gasteiger charge is -2.09. The van der Waals surface area contributed by atoms with E-state index in [4.69, 9.17) is 14.6 Å². The normalized spacial score (nSPS) is 10.7. The van der Waals surface area contributed by atoms with E-state index in [-0.39, 0.29) is 0 Å². The molecule has 5 heteroatoms. The minimum absolute atomic E-state index is 0.828. The minimum Gasteiger partial charge on any atom is -0.497 e. The third-order valence-corrected chi connectivity index (χ3v) is 5.86. The van der Waals surface area contributed by atoms with Gasteiger partial charge in [-0.3, -0.25) is 4.68 Å². The number of benzene rings is 3. The zero-order valence-corrected chi connectivity index (χ0v) is 17.4. The Kier molecular flexibility index (Phi) is 5.58. The molecule has 29 heavy (non-hydrogen) atoms. The molecule has 0 aliphatic heterocycles. The van der Waals surface area contributed by atoms with Gasteiger partial charge in [0.15, 0.2) is 0 Å². The molecule has 0 fully saturated rings. The Morgan fingerprint density at radius 1 is 0.724 bits per heavy atom. The van der Waals surface area contributed by atoms with Crippen molar-refractivity contribution in [1.82, 2.24) is 9.78 Å². The average molecular weight is 403 g/mol. The standard InChI is InChI=1S/C24H22N2O2S/c1-26-24(29-21-7-5-4-6-8-21)22(17-9-13-19(27-2)14-10-17)23(25-26)18-11-15-20(28-3)16-12-18/h4-16H,1-3H3. The number of aryl methyl sites for hydroxylation is 1. The van der Waals surface area contributed by atoms with Gasteiger partial charge in [0.1, 0.15) is 22.2 Å². The van der Waals surface area contributed by atoms with Crippen LogP contribution in [0.5, 0.6) is 11.5 Å². The molecule has 0 aliphatic carbocycles. The van der Waals surface area contributed by atoms with E-state index < -0.39 is 0 Å². The fourth-order valence-corrected chi connectivity index (χ4v) is 4.20. The van der Waals surface area contributed by atoms with Crippen molar-refractivity contribution in [2.75, 3.05) is 14.2 Å². The van der Waals surface area contributed by atoms with Gasteiger partial charge in [-0.1, -0.05) is 42.1 Å². The summed E-state index contributed by atoms with van der Waals surface area (Å²) in [5.74, 6) is 1.66. The highest BCUT2D eigenvalue weighted by atomic mass is 32.2. The Bertz CT molecular complexity index is 1090. The molecular formula is C24H22N2O2S. The zero-order valence-electron chi connectivity index (χ0n) is 16.6. The average Bonchev–Trinajstić information content (AvgIpc) is 3.10. The van der Waals surface area contributed by atoms with E-state index in [0.717, 1.165) is 38.9 Å². The molecule has 1 aromatic heterocycles. The van der Waals surface area contributed by atoms with Crippen LogP contribution < -0.4 is 9.47 Å². The van der Waals surface area contributed by atoms with Gasteiger partial charge in [-0.2, -0.15) is 5.10 Å². The van der Waals surface area contributed by atoms with E-state index in [0.29, 0.717) is 0 Å². The molecule has 0 amide bonds. The molecule has 0 atom stereocenters. The highest BCUT2D eigenvalue weighted by molar-refractivity contribution is 7.99. The third kappa shape index (κ3) is 4.00. The van der Waals surface area contributed by atoms with E-state index in [2.05, 4.69) is 36.4 Å². The quantitative estimate of drug-likeness (QED) is 0.401. The van der Waals surface area contributed by atoms with Gasteiger partial charge in [-0.25, -0.2) is 0 Å². The van der Waals surface area contributed by atoms with Crippen molar-refractivity contribution in [2.24, 2.45) is 7.05 Å². The number of nitrogens with zero attached hydrogens (tertiary/aromatic N) is 2. The monoisotopic (exact) mass is 402 g/mol. The summed E-state index contributed by atoms with van der Waals surface area (Å²) >= 11 is 1.71. The first kappa shape index (κ1) is 19.2. The molecule has 0 spiro atoms. The van der Waals surface area contributed by atoms with E-state index in [1.54, 1.807) is 26.0 Å². The van der Waals surface area contributed by atoms with Crippen LogP contribution in [0, 0.1) is 0 Å². The summed E-state index contributed by atoms with van der Waals surface area (Å²) in [7, 11) is 5.34. The van der Waals surface area contributed by atoms with Crippen LogP contribution in [0.25, 0.3) is 22.4 Å². The van der Waals surface area contributed by atoms with E-state index in [1.165, 1.54) is 4.90 Å². The Morgan fingerprint density at radius 3 is 1.83 bits per heavy atom. The first-order valence-electron chi connectivity index (χ1n) is 9.28. The molecule has 4 nitrogen and oxygen atoms in total. The summed E-state index contributed by atoms with van der Waals surface area (Å²) in [6.45, 7) is 0. The van der Waals surface area contributed by atoms with E-state index in [1.807, 2.05) is 54.2 Å². The van der Waals surface area contributed by atoms with Crippen molar-refractivity contribution in [2.45, 2.75) is 9.92 Å². The largest absolute Gasteiger partial charge is 0.497 e. The number of methoxy groups -OCH3 is 2. The SMILES string of the molecule is COc1ccc(-c2nn(C)c(Sc3ccccc3)c2-c2ccc(OC)cc2)cc1. The van der Waals surface area contributed by atoms with Crippen LogP contribution in [0.4, 0.5) is 0 Å². The van der Waals surface area contributed by atoms with Crippen LogP contribution in [0.15, 0.2) is 88.8 Å². The van der Waals surface area contributed by atoms with Crippen LogP contribution in [0.3, 0.4) is 0 Å². The van der Waals surface area contributed by atoms with Gasteiger partial charge >= 0.3 is 0 Å². The summed E-state index contributed by atoms with van der Waals surface area (Å²) in [6, 6.07) is 26.5. The lowest BCUT2D eigenvalue weighted by atomic mass is 10.0. The predicted octanol–water partition coefficient (Wildman–Crippen LogP) is 5.92. The molecule has 0 radical (unpaired) electrons. The second kappa shape index (κ2) is 8.45. The number of hydrogen-bond acceptors (Lipinski definition) is 4. The zero-order chi connectivity index (χ0) is 20.2. The highest BCUT2D eigenvalue weighted by Crippen LogP contribution is 2.42. The molecule has 1 heterocycles. The number of ether oxygens (including phenoxy) is 2. The maximum absolute atomic E-state index is 5.34. The number of rotatable bonds is 6. The summed E-state index contributed by atoms with van der Waals surface area (Å²) in [6.07, 6.45) is 0. The number of hydrogen-bond donors (Lipinski definition) is 0. The molecule has 0 aliphatic rings. The highest BCUT2D eigenvalue weighted by Gasteiger charge is 2.20. The van der Waals surface area contributed by atoms with Crippen LogP contribution in [0.2, 0.25) is 0 Å². The lowest BCUT2D eigenvalue weighted by Crippen LogP contribution is -1.92. The molecule has 0 N–H and O–H groups in total. The molecule has 146 valence electrons. The van der Waals surface area contributed by atoms with Crippen molar-refractivity contribution < 1.29 is 9.47 Å². The van der Waals surface area contributed by atoms with Crippen LogP contribution in [-0.2, 0) is 7.05 Å². The summed E-state index contributed by atoms with van der Waals surface area (Å²) < 4.78 is 12.6. The van der Waals surface area contributed by atoms with Crippen LogP contribution in [0.1, 0.15) is 0 Å². The second-order valence-electron chi connectivity index (χ2n) is 6.52. The molecule has 0 saturated heterocycles. The van der Waals surface area contributed by atoms with Gasteiger partial charge in [-0.15, -0.1) is 0 Å². The van der Waals surface area contributed by atoms with Crippen LogP contribution in [-0.4, -0.2) is 24.0 Å². The minimum atomic E-state index is 0.828. The Morgan fingerprint density at radius 2 is 1.28 bits per heavy atom. The smallest absolute Gasteiger partial charge is 0.118 e. The molecular weight excluding hydrogens is 380 g/mol. The first-order chi connectivity index (χ1) is 14.2. The maximum atomic E-state index is 5.34. The number of aromatic nitrogens is 2. The van der Waals surface area contributed by atoms with Gasteiger partial charge in [0, 0.05) is 23.1 Å². The Labute approximate surface area is 175 Å². The van der Waals surface area contributed by atoms with Crippen molar-refractivity contribution >= 4 is 11.8 Å². The van der Waals surface area contributed by atoms with Crippen molar-refractivity contribution in [3.05, 3.63) is 78.9 Å². The molecule has 3 aromatic carbocycles. The molecule has 0 unspecified atom stereocenters. The van der Waals surface area contributed by atoms with Gasteiger partial charge in [-0.05, 0) is 54.1 Å². The van der Waals surface area contributed by atoms with Gasteiger partial charge < -0.3 is 9.47 Å². The third-order valence-electron chi connectivity index (χ3n) is 4.69. The first-order valence-corrected chi connectivity index (χ1v) is 10.1. The maximum Gasteiger partial charge on any atom is 0.118 e. The van der Waals surface area contributed by atoms with E-state index >= 15 is 0 Å². The molecule has 0 saturated carbocycles. The van der Waals surface area contributed by atoms with Gasteiger partial charge in [0.25, 0.3) is 0 Å². The summed E-state index contributed by atoms with van der Waals surface area (Å²) in [4.78, 5) is 1.17. The molecule has 4 rings (SSSR count). The van der Waals surface area contributed by atoms with Gasteiger partial charge in [0.05, 0.1) is 14.2 Å². The van der Waals surface area contributed by atoms with Crippen LogP contribution >= 0.6 is 11.8 Å². The fraction of sp³-hybridized carbons (Fsp3) is 0.125. The molecule has 0 bridgehead atoms.